The Morgan fingerprint density at radius 1 is 0.833 bits per heavy atom. The third kappa shape index (κ3) is 2.74. The molecule has 4 rings (SSSR count). The fraction of sp³-hybridized carbons (Fsp3) is 0.300. The minimum atomic E-state index is 0.950. The Balaban J connectivity index is 1.48. The number of benzene rings is 2. The van der Waals surface area contributed by atoms with Crippen LogP contribution in [0.1, 0.15) is 5.56 Å². The van der Waals surface area contributed by atoms with E-state index in [0.29, 0.717) is 0 Å². The molecule has 4 nitrogen and oxygen atoms in total. The number of hydrazine groups is 1. The van der Waals surface area contributed by atoms with Crippen LogP contribution in [0, 0.1) is 0 Å². The predicted octanol–water partition coefficient (Wildman–Crippen LogP) is 3.27. The van der Waals surface area contributed by atoms with Crippen LogP contribution in [0.4, 0.5) is 11.4 Å². The highest BCUT2D eigenvalue weighted by molar-refractivity contribution is 5.70. The zero-order valence-corrected chi connectivity index (χ0v) is 14.1. The molecular weight excluding hydrogens is 298 g/mol. The summed E-state index contributed by atoms with van der Waals surface area (Å²) in [6, 6.07) is 16.9. The van der Waals surface area contributed by atoms with E-state index in [1.807, 2.05) is 12.1 Å². The van der Waals surface area contributed by atoms with Crippen LogP contribution in [0.5, 0.6) is 5.75 Å². The molecule has 0 atom stereocenters. The van der Waals surface area contributed by atoms with Gasteiger partial charge in [-0.25, -0.2) is 5.01 Å². The number of piperazine rings is 1. The largest absolute Gasteiger partial charge is 0.495 e. The van der Waals surface area contributed by atoms with E-state index in [9.17, 15) is 0 Å². The predicted molar refractivity (Wildman–Crippen MR) is 99.6 cm³/mol. The maximum atomic E-state index is 5.51. The minimum Gasteiger partial charge on any atom is -0.495 e. The number of nitrogens with zero attached hydrogens (tertiary/aromatic N) is 3. The summed E-state index contributed by atoms with van der Waals surface area (Å²) in [6.07, 6.45) is 4.46. The second-order valence-electron chi connectivity index (χ2n) is 6.16. The van der Waals surface area contributed by atoms with Gasteiger partial charge >= 0.3 is 0 Å². The Morgan fingerprint density at radius 2 is 1.54 bits per heavy atom. The lowest BCUT2D eigenvalue weighted by atomic mass is 10.1. The van der Waals surface area contributed by atoms with Gasteiger partial charge in [0.15, 0.2) is 0 Å². The van der Waals surface area contributed by atoms with Gasteiger partial charge in [0.1, 0.15) is 5.75 Å². The lowest BCUT2D eigenvalue weighted by Gasteiger charge is -2.44. The van der Waals surface area contributed by atoms with Gasteiger partial charge in [-0.2, -0.15) is 0 Å². The van der Waals surface area contributed by atoms with Crippen molar-refractivity contribution >= 4 is 17.5 Å². The lowest BCUT2D eigenvalue weighted by molar-refractivity contribution is 0.240. The molecule has 124 valence electrons. The van der Waals surface area contributed by atoms with E-state index in [0.717, 1.165) is 38.5 Å². The molecule has 0 aromatic heterocycles. The van der Waals surface area contributed by atoms with Gasteiger partial charge in [0.2, 0.25) is 0 Å². The quantitative estimate of drug-likeness (QED) is 0.863. The van der Waals surface area contributed by atoms with E-state index >= 15 is 0 Å². The van der Waals surface area contributed by atoms with Crippen molar-refractivity contribution in [1.29, 1.82) is 0 Å². The molecule has 1 saturated heterocycles. The first-order valence-electron chi connectivity index (χ1n) is 8.53. The Bertz CT molecular complexity index is 735. The fourth-order valence-corrected chi connectivity index (χ4v) is 3.58. The van der Waals surface area contributed by atoms with E-state index in [4.69, 9.17) is 4.74 Å². The Kier molecular flexibility index (Phi) is 4.13. The molecule has 2 aliphatic heterocycles. The summed E-state index contributed by atoms with van der Waals surface area (Å²) in [4.78, 5) is 2.42. The van der Waals surface area contributed by atoms with E-state index in [2.05, 4.69) is 63.5 Å². The van der Waals surface area contributed by atoms with Crippen molar-refractivity contribution in [2.45, 2.75) is 0 Å². The summed E-state index contributed by atoms with van der Waals surface area (Å²) in [6.45, 7) is 4.98. The summed E-state index contributed by atoms with van der Waals surface area (Å²) in [5.41, 5.74) is 3.81. The molecule has 4 heteroatoms. The maximum absolute atomic E-state index is 5.51. The van der Waals surface area contributed by atoms with Crippen LogP contribution in [-0.4, -0.2) is 44.8 Å². The first kappa shape index (κ1) is 15.1. The number of rotatable bonds is 3. The van der Waals surface area contributed by atoms with Crippen LogP contribution in [-0.2, 0) is 0 Å². The summed E-state index contributed by atoms with van der Waals surface area (Å²) in [5.74, 6) is 0.956. The monoisotopic (exact) mass is 321 g/mol. The average Bonchev–Trinajstić information content (AvgIpc) is 2.67. The van der Waals surface area contributed by atoms with Gasteiger partial charge in [-0.3, -0.25) is 0 Å². The van der Waals surface area contributed by atoms with Gasteiger partial charge in [0.25, 0.3) is 0 Å². The van der Waals surface area contributed by atoms with Crippen molar-refractivity contribution in [2.24, 2.45) is 0 Å². The zero-order chi connectivity index (χ0) is 16.4. The number of hydrogen-bond donors (Lipinski definition) is 0. The lowest BCUT2D eigenvalue weighted by Crippen LogP contribution is -2.54. The molecule has 0 saturated carbocycles. The molecule has 2 aromatic rings. The standard InChI is InChI=1S/C20H23N3O/c1-24-20-11-5-4-10-19(20)21-13-15-22(16-14-21)23-12-6-8-17-7-2-3-9-18(17)23/h2-11H,12-16H2,1H3. The summed E-state index contributed by atoms with van der Waals surface area (Å²) in [7, 11) is 1.74. The molecule has 2 aromatic carbocycles. The van der Waals surface area contributed by atoms with E-state index in [1.165, 1.54) is 16.9 Å². The molecule has 2 aliphatic rings. The molecule has 0 spiro atoms. The number of methoxy groups -OCH3 is 1. The molecule has 0 radical (unpaired) electrons. The van der Waals surface area contributed by atoms with Gasteiger partial charge in [-0.05, 0) is 23.8 Å². The van der Waals surface area contributed by atoms with Crippen molar-refractivity contribution in [3.8, 4) is 5.75 Å². The van der Waals surface area contributed by atoms with Gasteiger partial charge in [0, 0.05) is 26.2 Å². The molecule has 0 amide bonds. The Morgan fingerprint density at radius 3 is 2.33 bits per heavy atom. The molecule has 1 fully saturated rings. The first-order valence-corrected chi connectivity index (χ1v) is 8.53. The topological polar surface area (TPSA) is 19.0 Å². The summed E-state index contributed by atoms with van der Waals surface area (Å²) >= 11 is 0. The van der Waals surface area contributed by atoms with Crippen LogP contribution in [0.15, 0.2) is 54.6 Å². The maximum Gasteiger partial charge on any atom is 0.142 e. The highest BCUT2D eigenvalue weighted by Gasteiger charge is 2.25. The smallest absolute Gasteiger partial charge is 0.142 e. The van der Waals surface area contributed by atoms with E-state index < -0.39 is 0 Å². The second-order valence-corrected chi connectivity index (χ2v) is 6.16. The molecular formula is C20H23N3O. The number of anilines is 2. The Hall–Kier alpha value is -2.46. The summed E-state index contributed by atoms with van der Waals surface area (Å²) in [5, 5.41) is 4.88. The molecule has 0 unspecified atom stereocenters. The molecule has 0 aliphatic carbocycles. The fourth-order valence-electron chi connectivity index (χ4n) is 3.58. The van der Waals surface area contributed by atoms with Gasteiger partial charge in [0.05, 0.1) is 25.0 Å². The van der Waals surface area contributed by atoms with Gasteiger partial charge in [-0.1, -0.05) is 42.5 Å². The third-order valence-electron chi connectivity index (χ3n) is 4.81. The minimum absolute atomic E-state index is 0.950. The van der Waals surface area contributed by atoms with Gasteiger partial charge in [-0.15, -0.1) is 0 Å². The highest BCUT2D eigenvalue weighted by atomic mass is 16.5. The third-order valence-corrected chi connectivity index (χ3v) is 4.81. The van der Waals surface area contributed by atoms with Crippen LogP contribution in [0.3, 0.4) is 0 Å². The van der Waals surface area contributed by atoms with E-state index in [1.54, 1.807) is 7.11 Å². The van der Waals surface area contributed by atoms with Crippen molar-refractivity contribution in [3.63, 3.8) is 0 Å². The SMILES string of the molecule is COc1ccccc1N1CCN(N2CC=Cc3ccccc32)CC1. The van der Waals surface area contributed by atoms with Crippen molar-refractivity contribution < 1.29 is 4.74 Å². The number of para-hydroxylation sites is 3. The van der Waals surface area contributed by atoms with Crippen molar-refractivity contribution in [1.82, 2.24) is 5.01 Å². The summed E-state index contributed by atoms with van der Waals surface area (Å²) < 4.78 is 5.51. The van der Waals surface area contributed by atoms with Crippen LogP contribution in [0.25, 0.3) is 6.08 Å². The van der Waals surface area contributed by atoms with Crippen molar-refractivity contribution in [3.05, 3.63) is 60.2 Å². The van der Waals surface area contributed by atoms with Crippen molar-refractivity contribution in [2.75, 3.05) is 49.7 Å². The van der Waals surface area contributed by atoms with Crippen LogP contribution < -0.4 is 14.6 Å². The Labute approximate surface area is 143 Å². The first-order chi connectivity index (χ1) is 11.9. The normalized spacial score (nSPS) is 17.7. The zero-order valence-electron chi connectivity index (χ0n) is 14.1. The molecule has 24 heavy (non-hydrogen) atoms. The number of ether oxygens (including phenoxy) is 1. The number of fused-ring (bicyclic) bond motifs is 1. The second kappa shape index (κ2) is 6.57. The molecule has 0 N–H and O–H groups in total. The van der Waals surface area contributed by atoms with Gasteiger partial charge < -0.3 is 14.6 Å². The molecule has 2 heterocycles. The number of hydrogen-bond acceptors (Lipinski definition) is 4. The van der Waals surface area contributed by atoms with Crippen LogP contribution in [0.2, 0.25) is 0 Å². The van der Waals surface area contributed by atoms with E-state index in [-0.39, 0.29) is 0 Å². The van der Waals surface area contributed by atoms with Crippen LogP contribution >= 0.6 is 0 Å². The highest BCUT2D eigenvalue weighted by Crippen LogP contribution is 2.30. The average molecular weight is 321 g/mol. The molecule has 0 bridgehead atoms.